The first kappa shape index (κ1) is 16.3. The first-order valence-electron chi connectivity index (χ1n) is 7.64. The second-order valence-corrected chi connectivity index (χ2v) is 5.95. The Hall–Kier alpha value is -2.53. The van der Waals surface area contributed by atoms with E-state index in [1.54, 1.807) is 49.5 Å². The van der Waals surface area contributed by atoms with Crippen LogP contribution in [0.3, 0.4) is 0 Å². The summed E-state index contributed by atoms with van der Waals surface area (Å²) in [5, 5.41) is 6.02. The van der Waals surface area contributed by atoms with Crippen LogP contribution in [0.1, 0.15) is 28.3 Å². The van der Waals surface area contributed by atoms with Gasteiger partial charge in [-0.15, -0.1) is 0 Å². The van der Waals surface area contributed by atoms with Gasteiger partial charge >= 0.3 is 0 Å². The van der Waals surface area contributed by atoms with Crippen LogP contribution in [-0.4, -0.2) is 25.5 Å². The third kappa shape index (κ3) is 3.36. The second-order valence-electron chi connectivity index (χ2n) is 5.52. The number of ether oxygens (including phenoxy) is 1. The average Bonchev–Trinajstić information content (AvgIpc) is 2.61. The molecule has 124 valence electrons. The summed E-state index contributed by atoms with van der Waals surface area (Å²) in [6, 6.07) is 12.1. The van der Waals surface area contributed by atoms with Crippen molar-refractivity contribution < 1.29 is 14.3 Å². The van der Waals surface area contributed by atoms with Crippen molar-refractivity contribution in [3.8, 4) is 5.75 Å². The fourth-order valence-electron chi connectivity index (χ4n) is 2.72. The van der Waals surface area contributed by atoms with Crippen LogP contribution < -0.4 is 15.4 Å². The molecule has 0 spiro atoms. The number of fused-ring (bicyclic) bond motifs is 1. The zero-order chi connectivity index (χ0) is 17.1. The molecule has 0 radical (unpaired) electrons. The molecule has 1 heterocycles. The van der Waals surface area contributed by atoms with Crippen molar-refractivity contribution in [3.63, 3.8) is 0 Å². The number of anilines is 1. The quantitative estimate of drug-likeness (QED) is 0.898. The van der Waals surface area contributed by atoms with Crippen molar-refractivity contribution in [2.24, 2.45) is 0 Å². The number of rotatable bonds is 3. The van der Waals surface area contributed by atoms with Crippen LogP contribution in [0.2, 0.25) is 5.02 Å². The highest BCUT2D eigenvalue weighted by Gasteiger charge is 2.28. The van der Waals surface area contributed by atoms with Crippen molar-refractivity contribution in [1.82, 2.24) is 5.32 Å². The van der Waals surface area contributed by atoms with E-state index >= 15 is 0 Å². The molecule has 0 fully saturated rings. The van der Waals surface area contributed by atoms with Gasteiger partial charge in [0.05, 0.1) is 12.5 Å². The molecule has 2 aromatic carbocycles. The van der Waals surface area contributed by atoms with Crippen molar-refractivity contribution in [1.29, 1.82) is 0 Å². The lowest BCUT2D eigenvalue weighted by Crippen LogP contribution is -2.26. The van der Waals surface area contributed by atoms with Crippen LogP contribution in [0.15, 0.2) is 42.5 Å². The Kier molecular flexibility index (Phi) is 4.71. The van der Waals surface area contributed by atoms with Crippen LogP contribution in [0.5, 0.6) is 5.75 Å². The number of hydrogen-bond donors (Lipinski definition) is 2. The highest BCUT2D eigenvalue weighted by Crippen LogP contribution is 2.36. The summed E-state index contributed by atoms with van der Waals surface area (Å²) in [5.74, 6) is 0.0993. The molecule has 0 unspecified atom stereocenters. The van der Waals surface area contributed by atoms with Gasteiger partial charge in [0, 0.05) is 28.9 Å². The number of halogens is 1. The Labute approximate surface area is 145 Å². The van der Waals surface area contributed by atoms with E-state index in [4.69, 9.17) is 16.3 Å². The summed E-state index contributed by atoms with van der Waals surface area (Å²) in [7, 11) is 1.58. The van der Waals surface area contributed by atoms with Crippen molar-refractivity contribution in [2.75, 3.05) is 19.0 Å². The minimum absolute atomic E-state index is 0.116. The number of hydrogen-bond acceptors (Lipinski definition) is 3. The summed E-state index contributed by atoms with van der Waals surface area (Å²) >= 11 is 6.04. The molecule has 3 rings (SSSR count). The molecule has 1 atom stereocenters. The zero-order valence-electron chi connectivity index (χ0n) is 13.1. The maximum atomic E-state index is 12.6. The monoisotopic (exact) mass is 344 g/mol. The molecule has 1 aliphatic rings. The van der Waals surface area contributed by atoms with Crippen molar-refractivity contribution >= 4 is 29.1 Å². The lowest BCUT2D eigenvalue weighted by Gasteiger charge is -2.25. The van der Waals surface area contributed by atoms with Gasteiger partial charge in [0.15, 0.2) is 0 Å². The fourth-order valence-corrected chi connectivity index (χ4v) is 2.90. The SMILES string of the molecule is CNC(=O)c1ccc(NC(=O)[C@@H]2CCOc3ccc(Cl)cc32)cc1. The molecule has 0 aromatic heterocycles. The molecule has 2 N–H and O–H groups in total. The number of amides is 2. The maximum Gasteiger partial charge on any atom is 0.251 e. The Balaban J connectivity index is 1.76. The maximum absolute atomic E-state index is 12.6. The topological polar surface area (TPSA) is 67.4 Å². The number of benzene rings is 2. The molecule has 2 aromatic rings. The molecule has 2 amide bonds. The van der Waals surface area contributed by atoms with Gasteiger partial charge in [-0.3, -0.25) is 9.59 Å². The molecule has 0 saturated heterocycles. The van der Waals surface area contributed by atoms with Crippen LogP contribution in [0, 0.1) is 0 Å². The second kappa shape index (κ2) is 6.93. The predicted octanol–water partition coefficient (Wildman–Crippen LogP) is 3.20. The lowest BCUT2D eigenvalue weighted by molar-refractivity contribution is -0.118. The minimum Gasteiger partial charge on any atom is -0.493 e. The lowest BCUT2D eigenvalue weighted by atomic mass is 9.92. The molecular formula is C18H17ClN2O3. The summed E-state index contributed by atoms with van der Waals surface area (Å²) < 4.78 is 5.58. The van der Waals surface area contributed by atoms with Gasteiger partial charge in [-0.25, -0.2) is 0 Å². The molecule has 6 heteroatoms. The third-order valence-electron chi connectivity index (χ3n) is 3.97. The summed E-state index contributed by atoms with van der Waals surface area (Å²) in [6.07, 6.45) is 0.593. The van der Waals surface area contributed by atoms with Gasteiger partial charge < -0.3 is 15.4 Å². The van der Waals surface area contributed by atoms with Crippen molar-refractivity contribution in [2.45, 2.75) is 12.3 Å². The van der Waals surface area contributed by atoms with E-state index in [-0.39, 0.29) is 17.7 Å². The third-order valence-corrected chi connectivity index (χ3v) is 4.20. The molecule has 0 bridgehead atoms. The Morgan fingerprint density at radius 1 is 1.17 bits per heavy atom. The fraction of sp³-hybridized carbons (Fsp3) is 0.222. The van der Waals surface area contributed by atoms with Gasteiger partial charge in [0.25, 0.3) is 5.91 Å². The molecule has 0 aliphatic carbocycles. The molecular weight excluding hydrogens is 328 g/mol. The van der Waals surface area contributed by atoms with E-state index < -0.39 is 0 Å². The van der Waals surface area contributed by atoms with Gasteiger partial charge in [0.1, 0.15) is 5.75 Å². The van der Waals surface area contributed by atoms with Crippen LogP contribution in [0.4, 0.5) is 5.69 Å². The van der Waals surface area contributed by atoms with E-state index in [1.807, 2.05) is 0 Å². The first-order chi connectivity index (χ1) is 11.6. The first-order valence-corrected chi connectivity index (χ1v) is 8.01. The summed E-state index contributed by atoms with van der Waals surface area (Å²) in [6.45, 7) is 0.488. The van der Waals surface area contributed by atoms with Crippen molar-refractivity contribution in [3.05, 3.63) is 58.6 Å². The minimum atomic E-state index is -0.314. The number of carbonyl (C=O) groups excluding carboxylic acids is 2. The largest absolute Gasteiger partial charge is 0.493 e. The zero-order valence-corrected chi connectivity index (χ0v) is 13.9. The molecule has 5 nitrogen and oxygen atoms in total. The average molecular weight is 345 g/mol. The van der Waals surface area contributed by atoms with Crippen LogP contribution in [0.25, 0.3) is 0 Å². The van der Waals surface area contributed by atoms with E-state index in [1.165, 1.54) is 0 Å². The predicted molar refractivity (Wildman–Crippen MR) is 92.8 cm³/mol. The standard InChI is InChI=1S/C18H17ClN2O3/c1-20-17(22)11-2-5-13(6-3-11)21-18(23)14-8-9-24-16-7-4-12(19)10-15(14)16/h2-7,10,14H,8-9H2,1H3,(H,20,22)(H,21,23)/t14-/m1/s1. The Morgan fingerprint density at radius 2 is 1.92 bits per heavy atom. The highest BCUT2D eigenvalue weighted by molar-refractivity contribution is 6.30. The Bertz CT molecular complexity index is 774. The van der Waals surface area contributed by atoms with Gasteiger partial charge in [-0.05, 0) is 48.9 Å². The summed E-state index contributed by atoms with van der Waals surface area (Å²) in [4.78, 5) is 24.2. The smallest absolute Gasteiger partial charge is 0.251 e. The summed E-state index contributed by atoms with van der Waals surface area (Å²) in [5.41, 5.74) is 1.98. The van der Waals surface area contributed by atoms with Gasteiger partial charge in [0.2, 0.25) is 5.91 Å². The Morgan fingerprint density at radius 3 is 2.62 bits per heavy atom. The van der Waals surface area contributed by atoms with Gasteiger partial charge in [-0.1, -0.05) is 11.6 Å². The van der Waals surface area contributed by atoms with Crippen LogP contribution >= 0.6 is 11.6 Å². The van der Waals surface area contributed by atoms with Gasteiger partial charge in [-0.2, -0.15) is 0 Å². The number of nitrogens with one attached hydrogen (secondary N) is 2. The molecule has 0 saturated carbocycles. The highest BCUT2D eigenvalue weighted by atomic mass is 35.5. The molecule has 24 heavy (non-hydrogen) atoms. The normalized spacial score (nSPS) is 15.8. The van der Waals surface area contributed by atoms with E-state index in [2.05, 4.69) is 10.6 Å². The number of carbonyl (C=O) groups is 2. The molecule has 1 aliphatic heterocycles. The van der Waals surface area contributed by atoms with E-state index in [9.17, 15) is 9.59 Å². The van der Waals surface area contributed by atoms with Crippen LogP contribution in [-0.2, 0) is 4.79 Å². The van der Waals surface area contributed by atoms with E-state index in [0.717, 1.165) is 5.56 Å². The van der Waals surface area contributed by atoms with E-state index in [0.29, 0.717) is 35.1 Å².